The Kier molecular flexibility index (Phi) is 6.30. The van der Waals surface area contributed by atoms with Crippen LogP contribution in [0.2, 0.25) is 5.02 Å². The van der Waals surface area contributed by atoms with Crippen LogP contribution in [0, 0.1) is 6.92 Å². The first-order valence-electron chi connectivity index (χ1n) is 7.97. The first-order chi connectivity index (χ1) is 12.6. The first-order valence-corrected chi connectivity index (χ1v) is 9.51. The van der Waals surface area contributed by atoms with E-state index in [9.17, 15) is 4.79 Å². The molecule has 0 unspecified atom stereocenters. The number of thioether (sulfide) groups is 1. The number of carbonyl (C=O) groups excluding carboxylic acids is 1. The summed E-state index contributed by atoms with van der Waals surface area (Å²) in [5.41, 5.74) is 3.18. The average molecular weight is 389 g/mol. The third kappa shape index (κ3) is 5.34. The Morgan fingerprint density at radius 1 is 1.15 bits per heavy atom. The highest BCUT2D eigenvalue weighted by Gasteiger charge is 2.11. The van der Waals surface area contributed by atoms with Crippen LogP contribution >= 0.6 is 23.4 Å². The van der Waals surface area contributed by atoms with Crippen molar-refractivity contribution in [3.63, 3.8) is 0 Å². The Bertz CT molecular complexity index is 863. The van der Waals surface area contributed by atoms with E-state index >= 15 is 0 Å². The highest BCUT2D eigenvalue weighted by molar-refractivity contribution is 7.99. The van der Waals surface area contributed by atoms with Gasteiger partial charge in [-0.1, -0.05) is 46.6 Å². The van der Waals surface area contributed by atoms with Crippen LogP contribution < -0.4 is 0 Å². The summed E-state index contributed by atoms with van der Waals surface area (Å²) in [6.07, 6.45) is 0. The average Bonchev–Trinajstić information content (AvgIpc) is 3.11. The zero-order valence-electron chi connectivity index (χ0n) is 14.1. The second-order valence-electron chi connectivity index (χ2n) is 5.66. The van der Waals surface area contributed by atoms with Crippen molar-refractivity contribution in [3.05, 3.63) is 70.6 Å². The molecule has 3 aromatic rings. The minimum absolute atomic E-state index is 0.0372. The van der Waals surface area contributed by atoms with Gasteiger partial charge in [0.25, 0.3) is 5.89 Å². The van der Waals surface area contributed by atoms with Crippen molar-refractivity contribution in [1.29, 1.82) is 0 Å². The molecule has 0 saturated carbocycles. The normalized spacial score (nSPS) is 10.7. The number of hydrogen-bond donors (Lipinski definition) is 0. The molecule has 0 aliphatic heterocycles. The Hall–Kier alpha value is -2.31. The highest BCUT2D eigenvalue weighted by Crippen LogP contribution is 2.19. The van der Waals surface area contributed by atoms with E-state index in [0.29, 0.717) is 10.8 Å². The topological polar surface area (TPSA) is 65.2 Å². The van der Waals surface area contributed by atoms with Gasteiger partial charge in [-0.15, -0.1) is 11.8 Å². The molecule has 0 aliphatic carbocycles. The van der Waals surface area contributed by atoms with E-state index in [1.807, 2.05) is 6.92 Å². The second-order valence-corrected chi connectivity index (χ2v) is 7.08. The van der Waals surface area contributed by atoms with Crippen LogP contribution in [0.15, 0.2) is 53.1 Å². The largest absolute Gasteiger partial charge is 0.455 e. The van der Waals surface area contributed by atoms with Crippen LogP contribution in [-0.2, 0) is 21.9 Å². The molecule has 0 amide bonds. The van der Waals surface area contributed by atoms with Crippen molar-refractivity contribution in [2.24, 2.45) is 0 Å². The quantitative estimate of drug-likeness (QED) is 0.548. The van der Waals surface area contributed by atoms with Gasteiger partial charge in [-0.2, -0.15) is 4.98 Å². The van der Waals surface area contributed by atoms with Gasteiger partial charge in [-0.25, -0.2) is 0 Å². The third-order valence-corrected chi connectivity index (χ3v) is 4.77. The van der Waals surface area contributed by atoms with Gasteiger partial charge in [-0.05, 0) is 36.8 Å². The van der Waals surface area contributed by atoms with E-state index in [2.05, 4.69) is 34.4 Å². The zero-order chi connectivity index (χ0) is 18.4. The van der Waals surface area contributed by atoms with E-state index in [0.717, 1.165) is 11.3 Å². The predicted octanol–water partition coefficient (Wildman–Crippen LogP) is 4.68. The lowest BCUT2D eigenvalue weighted by Gasteiger charge is -2.03. The summed E-state index contributed by atoms with van der Waals surface area (Å²) in [6.45, 7) is 2.01. The van der Waals surface area contributed by atoms with Crippen LogP contribution in [0.25, 0.3) is 11.4 Å². The lowest BCUT2D eigenvalue weighted by atomic mass is 10.2. The van der Waals surface area contributed by atoms with Gasteiger partial charge >= 0.3 is 5.97 Å². The van der Waals surface area contributed by atoms with Crippen LogP contribution in [0.1, 0.15) is 17.0 Å². The van der Waals surface area contributed by atoms with Crippen LogP contribution in [0.3, 0.4) is 0 Å². The number of rotatable bonds is 7. The zero-order valence-corrected chi connectivity index (χ0v) is 15.7. The summed E-state index contributed by atoms with van der Waals surface area (Å²) in [5, 5.41) is 4.51. The predicted molar refractivity (Wildman–Crippen MR) is 102 cm³/mol. The molecule has 0 atom stereocenters. The van der Waals surface area contributed by atoms with Crippen molar-refractivity contribution >= 4 is 29.3 Å². The molecule has 0 fully saturated rings. The molecule has 5 nitrogen and oxygen atoms in total. The number of halogens is 1. The Morgan fingerprint density at radius 2 is 1.88 bits per heavy atom. The molecular weight excluding hydrogens is 372 g/mol. The summed E-state index contributed by atoms with van der Waals surface area (Å²) in [5.74, 6) is 1.41. The van der Waals surface area contributed by atoms with Crippen molar-refractivity contribution in [2.75, 3.05) is 5.75 Å². The number of aryl methyl sites for hydroxylation is 1. The summed E-state index contributed by atoms with van der Waals surface area (Å²) in [4.78, 5) is 16.0. The molecule has 2 aromatic carbocycles. The fourth-order valence-electron chi connectivity index (χ4n) is 2.15. The van der Waals surface area contributed by atoms with Crippen molar-refractivity contribution in [2.45, 2.75) is 19.3 Å². The molecule has 0 bridgehead atoms. The van der Waals surface area contributed by atoms with Crippen molar-refractivity contribution < 1.29 is 14.1 Å². The number of hydrogen-bond acceptors (Lipinski definition) is 6. The number of esters is 1. The molecule has 26 heavy (non-hydrogen) atoms. The molecular formula is C19H17ClN2O3S. The monoisotopic (exact) mass is 388 g/mol. The number of ether oxygens (including phenoxy) is 1. The van der Waals surface area contributed by atoms with E-state index < -0.39 is 0 Å². The lowest BCUT2D eigenvalue weighted by Crippen LogP contribution is -2.07. The number of carbonyl (C=O) groups is 1. The van der Waals surface area contributed by atoms with Crippen molar-refractivity contribution in [1.82, 2.24) is 10.1 Å². The molecule has 134 valence electrons. The minimum atomic E-state index is -0.312. The molecule has 0 radical (unpaired) electrons. The maximum atomic E-state index is 11.8. The molecule has 0 N–H and O–H groups in total. The third-order valence-electron chi connectivity index (χ3n) is 3.54. The lowest BCUT2D eigenvalue weighted by molar-refractivity contribution is -0.142. The molecule has 3 rings (SSSR count). The fourth-order valence-corrected chi connectivity index (χ4v) is 3.06. The molecule has 0 saturated heterocycles. The van der Waals surface area contributed by atoms with Gasteiger partial charge in [0.05, 0.1) is 5.75 Å². The summed E-state index contributed by atoms with van der Waals surface area (Å²) in [7, 11) is 0. The van der Waals surface area contributed by atoms with Gasteiger partial charge in [-0.3, -0.25) is 4.79 Å². The Labute approximate surface area is 160 Å². The Balaban J connectivity index is 1.43. The SMILES string of the molecule is Cc1ccc(CSCC(=O)OCc2nc(-c3ccc(Cl)cc3)no2)cc1. The van der Waals surface area contributed by atoms with E-state index in [4.69, 9.17) is 20.9 Å². The first kappa shape index (κ1) is 18.5. The molecule has 1 aromatic heterocycles. The smallest absolute Gasteiger partial charge is 0.316 e. The van der Waals surface area contributed by atoms with Crippen LogP contribution in [0.4, 0.5) is 0 Å². The van der Waals surface area contributed by atoms with E-state index in [1.54, 1.807) is 24.3 Å². The minimum Gasteiger partial charge on any atom is -0.455 e. The Morgan fingerprint density at radius 3 is 2.62 bits per heavy atom. The van der Waals surface area contributed by atoms with E-state index in [-0.39, 0.29) is 24.2 Å². The maximum Gasteiger partial charge on any atom is 0.316 e. The molecule has 7 heteroatoms. The van der Waals surface area contributed by atoms with Gasteiger partial charge in [0.2, 0.25) is 5.82 Å². The molecule has 0 aliphatic rings. The summed E-state index contributed by atoms with van der Waals surface area (Å²) in [6, 6.07) is 15.3. The second kappa shape index (κ2) is 8.87. The van der Waals surface area contributed by atoms with Gasteiger partial charge < -0.3 is 9.26 Å². The van der Waals surface area contributed by atoms with Gasteiger partial charge in [0, 0.05) is 16.3 Å². The van der Waals surface area contributed by atoms with Crippen LogP contribution in [-0.4, -0.2) is 21.9 Å². The maximum absolute atomic E-state index is 11.8. The number of benzene rings is 2. The summed E-state index contributed by atoms with van der Waals surface area (Å²) < 4.78 is 10.3. The van der Waals surface area contributed by atoms with Gasteiger partial charge in [0.15, 0.2) is 6.61 Å². The van der Waals surface area contributed by atoms with Crippen molar-refractivity contribution in [3.8, 4) is 11.4 Å². The van der Waals surface area contributed by atoms with E-state index in [1.165, 1.54) is 22.9 Å². The van der Waals surface area contributed by atoms with Gasteiger partial charge in [0.1, 0.15) is 0 Å². The standard InChI is InChI=1S/C19H17ClN2O3S/c1-13-2-4-14(5-3-13)11-26-12-18(23)24-10-17-21-19(22-25-17)15-6-8-16(20)9-7-15/h2-9H,10-12H2,1H3. The summed E-state index contributed by atoms with van der Waals surface area (Å²) >= 11 is 7.36. The highest BCUT2D eigenvalue weighted by atomic mass is 35.5. The molecule has 0 spiro atoms. The number of aromatic nitrogens is 2. The molecule has 1 heterocycles. The number of nitrogens with zero attached hydrogens (tertiary/aromatic N) is 2. The fraction of sp³-hybridized carbons (Fsp3) is 0.211. The van der Waals surface area contributed by atoms with Crippen LogP contribution in [0.5, 0.6) is 0 Å².